The summed E-state index contributed by atoms with van der Waals surface area (Å²) in [4.78, 5) is 49.5. The van der Waals surface area contributed by atoms with Gasteiger partial charge >= 0.3 is 23.9 Å². The molecule has 8 nitrogen and oxygen atoms in total. The van der Waals surface area contributed by atoms with Gasteiger partial charge in [0.25, 0.3) is 0 Å². The summed E-state index contributed by atoms with van der Waals surface area (Å²) in [5.74, 6) is -4.03. The van der Waals surface area contributed by atoms with E-state index in [9.17, 15) is 29.4 Å². The van der Waals surface area contributed by atoms with Gasteiger partial charge in [0.1, 0.15) is 11.2 Å². The van der Waals surface area contributed by atoms with Crippen molar-refractivity contribution in [1.82, 2.24) is 0 Å². The third-order valence-corrected chi connectivity index (χ3v) is 9.00. The van der Waals surface area contributed by atoms with Gasteiger partial charge in [0.15, 0.2) is 10.8 Å². The molecular weight excluding hydrogens is 464 g/mol. The molecule has 0 unspecified atom stereocenters. The molecule has 204 valence electrons. The molecule has 0 heterocycles. The Morgan fingerprint density at radius 2 is 1.14 bits per heavy atom. The minimum Gasteiger partial charge on any atom is -0.480 e. The maximum Gasteiger partial charge on any atom is 0.323 e. The van der Waals surface area contributed by atoms with Crippen molar-refractivity contribution in [2.24, 2.45) is 16.2 Å². The van der Waals surface area contributed by atoms with Gasteiger partial charge < -0.3 is 19.7 Å². The molecule has 0 bridgehead atoms. The number of ether oxygens (including phenoxy) is 2. The van der Waals surface area contributed by atoms with Gasteiger partial charge in [-0.1, -0.05) is 20.4 Å². The fourth-order valence-electron chi connectivity index (χ4n) is 5.82. The Balaban J connectivity index is 2.44. The highest BCUT2D eigenvalue weighted by Gasteiger charge is 2.57. The number of esters is 2. The standard InChI is InChI=1S/C28H44O8/c1-8-26(9-2,28(16-12-13-17-28)36-23(34)25(6,7)21(31)32)18-19(3)27(14-10-11-15-27)35-22(33)24(4,5)20(29)30/h3,8-18H2,1-2,4-7H3,(H,29,30)(H,31,32). The fourth-order valence-corrected chi connectivity index (χ4v) is 5.82. The van der Waals surface area contributed by atoms with Crippen molar-refractivity contribution in [2.45, 2.75) is 123 Å². The molecule has 2 rings (SSSR count). The Morgan fingerprint density at radius 1 is 0.750 bits per heavy atom. The predicted molar refractivity (Wildman–Crippen MR) is 134 cm³/mol. The van der Waals surface area contributed by atoms with Crippen LogP contribution in [0.3, 0.4) is 0 Å². The molecule has 2 aliphatic rings. The Kier molecular flexibility index (Phi) is 8.74. The molecule has 0 aromatic rings. The van der Waals surface area contributed by atoms with E-state index in [1.807, 2.05) is 13.8 Å². The second-order valence-electron chi connectivity index (χ2n) is 11.8. The first kappa shape index (κ1) is 29.8. The number of carbonyl (C=O) groups excluding carboxylic acids is 2. The Bertz CT molecular complexity index is 881. The van der Waals surface area contributed by atoms with Gasteiger partial charge in [-0.2, -0.15) is 0 Å². The molecule has 2 saturated carbocycles. The number of carboxylic acids is 2. The number of hydrogen-bond acceptors (Lipinski definition) is 6. The van der Waals surface area contributed by atoms with Gasteiger partial charge in [-0.3, -0.25) is 19.2 Å². The first-order chi connectivity index (χ1) is 16.6. The predicted octanol–water partition coefficient (Wildman–Crippen LogP) is 5.67. The molecule has 0 saturated heterocycles. The smallest absolute Gasteiger partial charge is 0.323 e. The summed E-state index contributed by atoms with van der Waals surface area (Å²) in [6.07, 6.45) is 7.53. The van der Waals surface area contributed by atoms with Crippen molar-refractivity contribution >= 4 is 23.9 Å². The zero-order valence-electron chi connectivity index (χ0n) is 22.8. The summed E-state index contributed by atoms with van der Waals surface area (Å²) in [5, 5.41) is 19.1. The number of hydrogen-bond donors (Lipinski definition) is 2. The summed E-state index contributed by atoms with van der Waals surface area (Å²) < 4.78 is 12.2. The third kappa shape index (κ3) is 5.18. The topological polar surface area (TPSA) is 127 Å². The molecule has 0 aromatic carbocycles. The van der Waals surface area contributed by atoms with Gasteiger partial charge in [0.2, 0.25) is 0 Å². The highest BCUT2D eigenvalue weighted by Crippen LogP contribution is 2.56. The SMILES string of the molecule is C=C(CC(CC)(CC)C1(OC(=O)C(C)(C)C(=O)O)CCCC1)C1(OC(=O)C(C)(C)C(=O)O)CCCC1. The van der Waals surface area contributed by atoms with E-state index in [1.54, 1.807) is 0 Å². The van der Waals surface area contributed by atoms with Crippen LogP contribution in [-0.4, -0.2) is 45.3 Å². The first-order valence-corrected chi connectivity index (χ1v) is 13.2. The Hall–Kier alpha value is -2.38. The summed E-state index contributed by atoms with van der Waals surface area (Å²) in [5.41, 5.74) is -5.01. The molecular formula is C28H44O8. The molecule has 0 amide bonds. The third-order valence-electron chi connectivity index (χ3n) is 9.00. The van der Waals surface area contributed by atoms with E-state index >= 15 is 0 Å². The average Bonchev–Trinajstić information content (AvgIpc) is 3.48. The number of aliphatic carboxylic acids is 2. The van der Waals surface area contributed by atoms with Gasteiger partial charge in [0, 0.05) is 5.41 Å². The maximum absolute atomic E-state index is 13.1. The lowest BCUT2D eigenvalue weighted by Crippen LogP contribution is -2.53. The number of rotatable bonds is 12. The van der Waals surface area contributed by atoms with E-state index < -0.39 is 51.3 Å². The minimum atomic E-state index is -1.69. The highest BCUT2D eigenvalue weighted by molar-refractivity contribution is 5.99. The van der Waals surface area contributed by atoms with Crippen molar-refractivity contribution in [3.8, 4) is 0 Å². The molecule has 8 heteroatoms. The summed E-state index contributed by atoms with van der Waals surface area (Å²) in [6, 6.07) is 0. The second kappa shape index (κ2) is 10.5. The second-order valence-corrected chi connectivity index (χ2v) is 11.8. The van der Waals surface area contributed by atoms with Crippen LogP contribution in [0, 0.1) is 16.2 Å². The lowest BCUT2D eigenvalue weighted by Gasteiger charge is -2.50. The van der Waals surface area contributed by atoms with E-state index in [0.29, 0.717) is 50.5 Å². The van der Waals surface area contributed by atoms with Crippen LogP contribution < -0.4 is 0 Å². The maximum atomic E-state index is 13.1. The van der Waals surface area contributed by atoms with E-state index in [0.717, 1.165) is 25.7 Å². The highest BCUT2D eigenvalue weighted by atomic mass is 16.6. The van der Waals surface area contributed by atoms with Crippen LogP contribution in [0.2, 0.25) is 0 Å². The average molecular weight is 509 g/mol. The number of carboxylic acid groups (broad SMARTS) is 2. The molecule has 0 aromatic heterocycles. The molecule has 0 radical (unpaired) electrons. The van der Waals surface area contributed by atoms with Gasteiger partial charge in [-0.05, 0) is 104 Å². The normalized spacial score (nSPS) is 19.5. The first-order valence-electron chi connectivity index (χ1n) is 13.2. The van der Waals surface area contributed by atoms with Gasteiger partial charge in [0.05, 0.1) is 0 Å². The van der Waals surface area contributed by atoms with Gasteiger partial charge in [-0.15, -0.1) is 0 Å². The quantitative estimate of drug-likeness (QED) is 0.196. The van der Waals surface area contributed by atoms with Crippen LogP contribution in [0.25, 0.3) is 0 Å². The summed E-state index contributed by atoms with van der Waals surface area (Å²) in [6.45, 7) is 13.8. The lowest BCUT2D eigenvalue weighted by molar-refractivity contribution is -0.193. The summed E-state index contributed by atoms with van der Waals surface area (Å²) in [7, 11) is 0. The van der Waals surface area contributed by atoms with E-state index in [2.05, 4.69) is 6.58 Å². The van der Waals surface area contributed by atoms with Crippen molar-refractivity contribution < 1.29 is 38.9 Å². The van der Waals surface area contributed by atoms with Crippen LogP contribution in [0.15, 0.2) is 12.2 Å². The van der Waals surface area contributed by atoms with Crippen LogP contribution >= 0.6 is 0 Å². The van der Waals surface area contributed by atoms with Crippen molar-refractivity contribution in [3.05, 3.63) is 12.2 Å². The molecule has 2 aliphatic carbocycles. The fraction of sp³-hybridized carbons (Fsp3) is 0.786. The molecule has 36 heavy (non-hydrogen) atoms. The number of carbonyl (C=O) groups is 4. The Labute approximate surface area is 214 Å². The Morgan fingerprint density at radius 3 is 1.53 bits per heavy atom. The van der Waals surface area contributed by atoms with E-state index in [-0.39, 0.29) is 0 Å². The molecule has 2 N–H and O–H groups in total. The summed E-state index contributed by atoms with van der Waals surface area (Å²) >= 11 is 0. The van der Waals surface area contributed by atoms with Gasteiger partial charge in [-0.25, -0.2) is 0 Å². The van der Waals surface area contributed by atoms with Crippen molar-refractivity contribution in [1.29, 1.82) is 0 Å². The van der Waals surface area contributed by atoms with Crippen LogP contribution in [-0.2, 0) is 28.7 Å². The van der Waals surface area contributed by atoms with Crippen molar-refractivity contribution in [2.75, 3.05) is 0 Å². The molecule has 0 atom stereocenters. The van der Waals surface area contributed by atoms with E-state index in [1.165, 1.54) is 27.7 Å². The zero-order valence-corrected chi connectivity index (χ0v) is 22.8. The molecule has 0 spiro atoms. The van der Waals surface area contributed by atoms with Crippen LogP contribution in [0.4, 0.5) is 0 Å². The van der Waals surface area contributed by atoms with Crippen molar-refractivity contribution in [3.63, 3.8) is 0 Å². The largest absolute Gasteiger partial charge is 0.480 e. The van der Waals surface area contributed by atoms with Crippen LogP contribution in [0.1, 0.15) is 112 Å². The van der Waals surface area contributed by atoms with Crippen LogP contribution in [0.5, 0.6) is 0 Å². The lowest BCUT2D eigenvalue weighted by atomic mass is 9.62. The molecule has 2 fully saturated rings. The van der Waals surface area contributed by atoms with E-state index in [4.69, 9.17) is 9.47 Å². The minimum absolute atomic E-state index is 0.432. The monoisotopic (exact) mass is 508 g/mol. The zero-order chi connectivity index (χ0) is 27.6. The molecule has 0 aliphatic heterocycles.